The largest absolute Gasteiger partial charge is 0.221 e. The zero-order chi connectivity index (χ0) is 2.71. The summed E-state index contributed by atoms with van der Waals surface area (Å²) in [6, 6.07) is 0. The second kappa shape index (κ2) is 10.0. The van der Waals surface area contributed by atoms with Gasteiger partial charge in [0.25, 0.3) is 0 Å². The van der Waals surface area contributed by atoms with Crippen LogP contribution in [0.5, 0.6) is 0 Å². The van der Waals surface area contributed by atoms with Crippen LogP contribution >= 0.6 is 0 Å². The first kappa shape index (κ1) is 8.83. The smallest absolute Gasteiger partial charge is 0 e. The molecule has 0 aliphatic rings. The van der Waals surface area contributed by atoms with E-state index in [0.29, 0.717) is 0 Å². The van der Waals surface area contributed by atoms with Gasteiger partial charge < -0.3 is 0 Å². The Balaban J connectivity index is 0. The maximum atomic E-state index is 6.62. The minimum Gasteiger partial charge on any atom is -0.221 e. The van der Waals surface area contributed by atoms with E-state index in [0.717, 1.165) is 0 Å². The summed E-state index contributed by atoms with van der Waals surface area (Å²) in [7, 11) is 0. The van der Waals surface area contributed by atoms with E-state index >= 15 is 0 Å². The van der Waals surface area contributed by atoms with Crippen LogP contribution < -0.4 is 0 Å². The van der Waals surface area contributed by atoms with E-state index in [1.54, 1.807) is 0 Å². The molecule has 0 aromatic heterocycles. The summed E-state index contributed by atoms with van der Waals surface area (Å²) in [6.07, 6.45) is 0. The molecule has 3 nitrogen and oxygen atoms in total. The van der Waals surface area contributed by atoms with Gasteiger partial charge in [-0.25, -0.2) is 10.5 Å². The molecule has 1 radical (unpaired) electrons. The van der Waals surface area contributed by atoms with E-state index in [-0.39, 0.29) is 16.8 Å². The van der Waals surface area contributed by atoms with Crippen LogP contribution in [0.4, 0.5) is 0 Å². The summed E-state index contributed by atoms with van der Waals surface area (Å²) < 4.78 is 0. The molecule has 0 aliphatic heterocycles. The predicted octanol–water partition coefficient (Wildman–Crippen LogP) is -0.0535. The molecule has 0 atom stereocenters. The minimum atomic E-state index is 0. The average molecular weight is 109 g/mol. The van der Waals surface area contributed by atoms with Gasteiger partial charge in [0, 0.05) is 16.8 Å². The van der Waals surface area contributed by atoms with E-state index in [2.05, 4.69) is 5.04 Å². The quantitative estimate of drug-likeness (QED) is 0.338. The third-order valence-corrected chi connectivity index (χ3v) is 0. The third kappa shape index (κ3) is 30.7. The third-order valence-electron chi connectivity index (χ3n) is 0. The van der Waals surface area contributed by atoms with E-state index in [9.17, 15) is 0 Å². The number of hydrogen-bond acceptors (Lipinski definition) is 3. The number of hydrogen-bond donors (Lipinski definition) is 2. The van der Waals surface area contributed by atoms with E-state index in [1.807, 2.05) is 0 Å². The molecule has 0 heterocycles. The van der Waals surface area contributed by atoms with Gasteiger partial charge in [0.1, 0.15) is 0 Å². The van der Waals surface area contributed by atoms with Crippen LogP contribution in [0.15, 0.2) is 0 Å². The van der Waals surface area contributed by atoms with Gasteiger partial charge in [0.05, 0.1) is 0 Å². The summed E-state index contributed by atoms with van der Waals surface area (Å²) in [5.74, 6) is 0. The molecule has 0 aromatic carbocycles. The van der Waals surface area contributed by atoms with Crippen molar-refractivity contribution in [3.8, 4) is 0 Å². The molecule has 0 saturated heterocycles. The molecular weight excluding hydrogens is 107 g/mol. The molecule has 0 spiro atoms. The Bertz CT molecular complexity index is 3.25. The first-order chi connectivity index (χ1) is 1.41. The molecule has 0 amide bonds. The van der Waals surface area contributed by atoms with Gasteiger partial charge in [-0.1, -0.05) is 5.04 Å². The maximum absolute atomic E-state index is 6.62. The van der Waals surface area contributed by atoms with Crippen LogP contribution in [0.25, 0.3) is 0 Å². The van der Waals surface area contributed by atoms with E-state index in [1.165, 1.54) is 0 Å². The summed E-state index contributed by atoms with van der Waals surface area (Å²) in [5, 5.41) is 15.5. The Kier molecular flexibility index (Phi) is 22.2. The van der Waals surface area contributed by atoms with Crippen molar-refractivity contribution in [3.63, 3.8) is 0 Å². The fraction of sp³-hybridized carbons (Fsp3) is 0. The van der Waals surface area contributed by atoms with Gasteiger partial charge in [-0.2, -0.15) is 0 Å². The van der Waals surface area contributed by atoms with Crippen molar-refractivity contribution in [3.05, 3.63) is 0 Å². The zero-order valence-electron chi connectivity index (χ0n) is 1.64. The Morgan fingerprint density at radius 1 is 1.25 bits per heavy atom. The molecule has 0 unspecified atom stereocenters. The van der Waals surface area contributed by atoms with Gasteiger partial charge in [-0.3, -0.25) is 0 Å². The van der Waals surface area contributed by atoms with Crippen molar-refractivity contribution in [1.82, 2.24) is 0 Å². The van der Waals surface area contributed by atoms with Crippen molar-refractivity contribution in [1.29, 1.82) is 0 Å². The van der Waals surface area contributed by atoms with Crippen molar-refractivity contribution < 1.29 is 32.3 Å². The summed E-state index contributed by atoms with van der Waals surface area (Å²) in [4.78, 5) is 0. The molecule has 29 valence electrons. The normalized spacial score (nSPS) is 4.50. The van der Waals surface area contributed by atoms with Crippen LogP contribution in [0, 0.1) is 0 Å². The molecule has 4 heteroatoms. The first-order valence-electron chi connectivity index (χ1n) is 0.365. The molecule has 0 bridgehead atoms. The average Bonchev–Trinajstić information content (AvgIpc) is 0.918. The molecule has 0 aliphatic carbocycles. The number of rotatable bonds is 0. The molecule has 4 heavy (non-hydrogen) atoms. The molecule has 0 saturated carbocycles. The van der Waals surface area contributed by atoms with E-state index < -0.39 is 0 Å². The Morgan fingerprint density at radius 3 is 1.25 bits per heavy atom. The molecule has 0 fully saturated rings. The summed E-state index contributed by atoms with van der Waals surface area (Å²) in [5.41, 5.74) is 0. The molecule has 0 aromatic rings. The second-order valence-corrected chi connectivity index (χ2v) is 0.0816. The topological polar surface area (TPSA) is 49.7 Å². The fourth-order valence-electron chi connectivity index (χ4n) is 0. The SMILES string of the molecule is OOO.[Co]. The van der Waals surface area contributed by atoms with Gasteiger partial charge in [-0.05, 0) is 0 Å². The van der Waals surface area contributed by atoms with Crippen LogP contribution in [-0.2, 0) is 21.8 Å². The van der Waals surface area contributed by atoms with Gasteiger partial charge in [0.15, 0.2) is 0 Å². The Hall–Kier alpha value is 0.386. The first-order valence-corrected chi connectivity index (χ1v) is 0.365. The van der Waals surface area contributed by atoms with Crippen molar-refractivity contribution >= 4 is 0 Å². The second-order valence-electron chi connectivity index (χ2n) is 0.0816. The standard InChI is InChI=1S/Co.H2O3/c;1-3-2/h;1-2H. The van der Waals surface area contributed by atoms with Crippen LogP contribution in [-0.4, -0.2) is 10.5 Å². The summed E-state index contributed by atoms with van der Waals surface area (Å²) in [6.45, 7) is 0. The van der Waals surface area contributed by atoms with Crippen molar-refractivity contribution in [2.24, 2.45) is 0 Å². The van der Waals surface area contributed by atoms with Crippen molar-refractivity contribution in [2.75, 3.05) is 0 Å². The maximum Gasteiger partial charge on any atom is 0 e. The van der Waals surface area contributed by atoms with Crippen molar-refractivity contribution in [2.45, 2.75) is 0 Å². The fourth-order valence-corrected chi connectivity index (χ4v) is 0. The zero-order valence-corrected chi connectivity index (χ0v) is 2.68. The van der Waals surface area contributed by atoms with E-state index in [4.69, 9.17) is 10.5 Å². The predicted molar refractivity (Wildman–Crippen MR) is 6.34 cm³/mol. The van der Waals surface area contributed by atoms with Crippen LogP contribution in [0.2, 0.25) is 0 Å². The van der Waals surface area contributed by atoms with Gasteiger partial charge in [0.2, 0.25) is 0 Å². The monoisotopic (exact) mass is 109 g/mol. The van der Waals surface area contributed by atoms with Crippen LogP contribution in [0.3, 0.4) is 0 Å². The summed E-state index contributed by atoms with van der Waals surface area (Å²) >= 11 is 0. The molecule has 2 N–H and O–H groups in total. The van der Waals surface area contributed by atoms with Gasteiger partial charge >= 0.3 is 0 Å². The Morgan fingerprint density at radius 2 is 1.25 bits per heavy atom. The van der Waals surface area contributed by atoms with Gasteiger partial charge in [-0.15, -0.1) is 0 Å². The minimum absolute atomic E-state index is 0. The Labute approximate surface area is 33.3 Å². The molecule has 0 rings (SSSR count). The molecular formula is H2CoO3. The van der Waals surface area contributed by atoms with Crippen LogP contribution in [0.1, 0.15) is 0 Å².